The maximum Gasteiger partial charge on any atom is 0.415 e. The minimum absolute atomic E-state index is 0. The molecule has 22 heteroatoms. The van der Waals surface area contributed by atoms with Crippen molar-refractivity contribution in [1.82, 2.24) is 29.9 Å². The van der Waals surface area contributed by atoms with E-state index in [0.29, 0.717) is 51.4 Å². The molecular weight excluding hydrogens is 1140 g/mol. The highest BCUT2D eigenvalue weighted by Crippen LogP contribution is 2.46. The first-order valence-electron chi connectivity index (χ1n) is 26.3. The van der Waals surface area contributed by atoms with E-state index in [1.165, 1.54) is 66.7 Å². The molecule has 1 aromatic heterocycles. The SMILES string of the molecule is CO/N=C1/CN[C@H](C(=O)OC)C1.CO/N=C1\C[C@@H](C(=O)OC)N(C(=O)N2CCC3(CC2)OCc2ccccc23)C1.C[n+]1ccn(C(=O)N2CCC3(CC2)OCc2ccccc23)c1.Cl.[I-].c1ccc2c(c1)COC21CCNCC1. The first kappa shape index (κ1) is 60.0. The number of fused-ring (bicyclic) bond motifs is 6. The highest BCUT2D eigenvalue weighted by molar-refractivity contribution is 5.99. The Morgan fingerprint density at radius 1 is 0.628 bits per heavy atom. The number of imidazole rings is 1. The molecule has 0 saturated carbocycles. The van der Waals surface area contributed by atoms with Gasteiger partial charge in [0.2, 0.25) is 0 Å². The van der Waals surface area contributed by atoms with Crippen LogP contribution in [-0.2, 0) is 86.6 Å². The second kappa shape index (κ2) is 27.0. The average molecular weight is 1210 g/mol. The van der Waals surface area contributed by atoms with Gasteiger partial charge in [-0.1, -0.05) is 83.1 Å². The summed E-state index contributed by atoms with van der Waals surface area (Å²) in [5.41, 5.74) is 8.95. The second-order valence-electron chi connectivity index (χ2n) is 20.3. The molecule has 5 fully saturated rings. The number of likely N-dealkylation sites (tertiary alicyclic amines) is 3. The Kier molecular flexibility index (Phi) is 20.7. The molecule has 8 aliphatic rings. The Balaban J connectivity index is 0.000000157. The zero-order chi connectivity index (χ0) is 53.3. The number of nitrogens with one attached hydrogen (secondary N) is 2. The van der Waals surface area contributed by atoms with E-state index in [1.807, 2.05) is 34.8 Å². The lowest BCUT2D eigenvalue weighted by molar-refractivity contribution is -0.670. The Morgan fingerprint density at radius 2 is 1.09 bits per heavy atom. The first-order valence-corrected chi connectivity index (χ1v) is 26.3. The van der Waals surface area contributed by atoms with E-state index in [9.17, 15) is 19.2 Å². The number of methoxy groups -OCH3 is 2. The maximum atomic E-state index is 13.1. The lowest BCUT2D eigenvalue weighted by atomic mass is 9.84. The van der Waals surface area contributed by atoms with Crippen LogP contribution in [0.5, 0.6) is 0 Å². The molecule has 8 aliphatic heterocycles. The van der Waals surface area contributed by atoms with E-state index in [0.717, 1.165) is 77.0 Å². The fourth-order valence-electron chi connectivity index (χ4n) is 11.8. The highest BCUT2D eigenvalue weighted by atomic mass is 127. The van der Waals surface area contributed by atoms with Gasteiger partial charge in [0, 0.05) is 45.6 Å². The number of aromatic nitrogens is 2. The Hall–Kier alpha value is -5.69. The fourth-order valence-corrected chi connectivity index (χ4v) is 11.8. The summed E-state index contributed by atoms with van der Waals surface area (Å²) >= 11 is 0. The lowest BCUT2D eigenvalue weighted by Gasteiger charge is -2.40. The van der Waals surface area contributed by atoms with Crippen molar-refractivity contribution in [3.05, 3.63) is 125 Å². The van der Waals surface area contributed by atoms with Crippen molar-refractivity contribution >= 4 is 47.8 Å². The lowest BCUT2D eigenvalue weighted by Crippen LogP contribution is -3.00. The number of rotatable bonds is 4. The standard InChI is InChI=1S/C20H25N3O5.C17H20N3O2.C12H15NO.C7H12N2O3.ClH.HI/c1-26-18(24)17-11-15(21-27-2)12-23(17)19(25)22-9-7-20(8-10-22)16-6-4-3-5-14(16)13-28-20;1-18-10-11-20(13-18)16(21)19-8-6-17(7-9-19)15-5-3-2-4-14(15)12-22-17;1-2-4-11-10(3-1)9-14-12(11)5-7-13-8-6-12;1-11-7(10)6-3-5(4-8-6)9-12-2;;/h3-6,17H,7-13H2,1-2H3;2-5,10-11,13H,6-9,12H2,1H3;1-4,13H,5-9H2;6,8H,3-4H2,1-2H3;2*1H/q;+1;;;;/p-1/b21-15+;;;9-5+;;/t17-;;;6-;;/m0..0../s1. The minimum Gasteiger partial charge on any atom is -1.00 e. The van der Waals surface area contributed by atoms with Crippen LogP contribution in [0.25, 0.3) is 0 Å². The predicted molar refractivity (Wildman–Crippen MR) is 286 cm³/mol. The first-order chi connectivity index (χ1) is 36.9. The number of ether oxygens (including phenoxy) is 5. The zero-order valence-electron chi connectivity index (χ0n) is 45.2. The third-order valence-corrected chi connectivity index (χ3v) is 15.9. The van der Waals surface area contributed by atoms with Crippen molar-refractivity contribution in [2.75, 3.05) is 80.8 Å². The quantitative estimate of drug-likeness (QED) is 0.131. The van der Waals surface area contributed by atoms with Crippen molar-refractivity contribution in [2.45, 2.75) is 100 Å². The van der Waals surface area contributed by atoms with Gasteiger partial charge >= 0.3 is 24.0 Å². The van der Waals surface area contributed by atoms with Crippen LogP contribution in [0, 0.1) is 0 Å². The number of nitrogens with zero attached hydrogens (tertiary/aromatic N) is 7. The van der Waals surface area contributed by atoms with Crippen LogP contribution in [-0.4, -0.2) is 148 Å². The summed E-state index contributed by atoms with van der Waals surface area (Å²) in [7, 11) is 7.55. The second-order valence-corrected chi connectivity index (χ2v) is 20.3. The molecule has 12 rings (SSSR count). The molecule has 3 spiro atoms. The normalized spacial score (nSPS) is 22.5. The number of piperidine rings is 3. The number of esters is 2. The van der Waals surface area contributed by atoms with Crippen LogP contribution in [0.4, 0.5) is 9.59 Å². The number of hydrogen-bond donors (Lipinski definition) is 2. The molecule has 4 aromatic rings. The number of carbonyl (C=O) groups is 4. The number of aryl methyl sites for hydroxylation is 1. The van der Waals surface area contributed by atoms with E-state index in [4.69, 9.17) is 23.8 Å². The van der Waals surface area contributed by atoms with E-state index < -0.39 is 12.0 Å². The molecule has 5 saturated heterocycles. The van der Waals surface area contributed by atoms with E-state index in [2.05, 4.69) is 91.2 Å². The van der Waals surface area contributed by atoms with Crippen molar-refractivity contribution < 1.29 is 81.1 Å². The summed E-state index contributed by atoms with van der Waals surface area (Å²) in [6, 6.07) is 24.3. The zero-order valence-corrected chi connectivity index (χ0v) is 48.1. The summed E-state index contributed by atoms with van der Waals surface area (Å²) in [6.07, 6.45) is 11.8. The predicted octanol–water partition coefficient (Wildman–Crippen LogP) is 2.42. The molecule has 0 radical (unpaired) electrons. The van der Waals surface area contributed by atoms with Crippen molar-refractivity contribution in [3.63, 3.8) is 0 Å². The molecule has 3 amide bonds. The van der Waals surface area contributed by atoms with Crippen molar-refractivity contribution in [1.29, 1.82) is 0 Å². The third-order valence-electron chi connectivity index (χ3n) is 15.9. The van der Waals surface area contributed by atoms with Gasteiger partial charge in [0.25, 0.3) is 6.33 Å². The van der Waals surface area contributed by atoms with Gasteiger partial charge in [-0.2, -0.15) is 4.57 Å². The molecule has 422 valence electrons. The number of halogens is 2. The molecule has 20 nitrogen and oxygen atoms in total. The van der Waals surface area contributed by atoms with Crippen LogP contribution in [0.15, 0.2) is 102 Å². The molecule has 0 aliphatic carbocycles. The number of carbonyl (C=O) groups excluding carboxylic acids is 4. The number of benzene rings is 3. The van der Waals surface area contributed by atoms with E-state index in [-0.39, 0.29) is 83.8 Å². The van der Waals surface area contributed by atoms with Gasteiger partial charge in [-0.25, -0.2) is 19.0 Å². The van der Waals surface area contributed by atoms with Gasteiger partial charge in [0.15, 0.2) is 0 Å². The summed E-state index contributed by atoms with van der Waals surface area (Å²) in [5.74, 6) is -0.688. The molecule has 3 aromatic carbocycles. The smallest absolute Gasteiger partial charge is 0.415 e. The molecule has 0 bridgehead atoms. The number of oxime groups is 2. The Labute approximate surface area is 479 Å². The monoisotopic (exact) mass is 1210 g/mol. The van der Waals surface area contributed by atoms with Gasteiger partial charge < -0.3 is 77.4 Å². The minimum atomic E-state index is -0.661. The summed E-state index contributed by atoms with van der Waals surface area (Å²) in [4.78, 5) is 63.4. The van der Waals surface area contributed by atoms with Gasteiger partial charge in [0.1, 0.15) is 38.7 Å². The molecule has 9 heterocycles. The van der Waals surface area contributed by atoms with Gasteiger partial charge in [0.05, 0.1) is 75.9 Å². The molecular formula is C56H73ClIN9O11. The van der Waals surface area contributed by atoms with Gasteiger partial charge in [-0.15, -0.1) is 12.4 Å². The van der Waals surface area contributed by atoms with Crippen LogP contribution in [0.3, 0.4) is 0 Å². The van der Waals surface area contributed by atoms with Crippen molar-refractivity contribution in [2.24, 2.45) is 17.4 Å². The third kappa shape index (κ3) is 13.0. The summed E-state index contributed by atoms with van der Waals surface area (Å²) in [5, 5.41) is 14.0. The number of urea groups is 1. The summed E-state index contributed by atoms with van der Waals surface area (Å²) < 4.78 is 31.3. The van der Waals surface area contributed by atoms with Crippen LogP contribution < -0.4 is 39.2 Å². The largest absolute Gasteiger partial charge is 1.00 e. The van der Waals surface area contributed by atoms with Crippen LogP contribution >= 0.6 is 12.4 Å². The molecule has 2 N–H and O–H groups in total. The maximum absolute atomic E-state index is 13.1. The van der Waals surface area contributed by atoms with Gasteiger partial charge in [-0.3, -0.25) is 10.1 Å². The van der Waals surface area contributed by atoms with Crippen LogP contribution in [0.2, 0.25) is 0 Å². The Morgan fingerprint density at radius 3 is 1.55 bits per heavy atom. The average Bonchev–Trinajstić information content (AvgIpc) is 4.40. The van der Waals surface area contributed by atoms with E-state index in [1.54, 1.807) is 22.0 Å². The van der Waals surface area contributed by atoms with E-state index >= 15 is 0 Å². The highest BCUT2D eigenvalue weighted by Gasteiger charge is 2.47. The summed E-state index contributed by atoms with van der Waals surface area (Å²) in [6.45, 7) is 7.75. The van der Waals surface area contributed by atoms with Crippen molar-refractivity contribution in [3.8, 4) is 0 Å². The fraction of sp³-hybridized carbons (Fsp3) is 0.518. The molecule has 78 heavy (non-hydrogen) atoms. The topological polar surface area (TPSA) is 200 Å². The number of hydrogen-bond acceptors (Lipinski definition) is 15. The Bertz CT molecular complexity index is 2770. The number of amides is 3. The molecule has 0 unspecified atom stereocenters. The van der Waals surface area contributed by atoms with Crippen LogP contribution in [0.1, 0.15) is 84.7 Å². The van der Waals surface area contributed by atoms with Gasteiger partial charge in [-0.05, 0) is 85.0 Å². The molecule has 2 atom stereocenters.